The van der Waals surface area contributed by atoms with E-state index in [-0.39, 0.29) is 6.04 Å². The van der Waals surface area contributed by atoms with Crippen molar-refractivity contribution in [1.82, 2.24) is 25.5 Å². The lowest BCUT2D eigenvalue weighted by molar-refractivity contribution is -0.00277. The molecule has 0 aliphatic heterocycles. The molecule has 0 fully saturated rings. The van der Waals surface area contributed by atoms with E-state index in [1.54, 1.807) is 11.6 Å². The maximum absolute atomic E-state index is 13.0. The number of aromatic nitrogens is 4. The largest absolute Gasteiger partial charge is 0.307 e. The van der Waals surface area contributed by atoms with Gasteiger partial charge in [-0.15, -0.1) is 5.10 Å². The van der Waals surface area contributed by atoms with Gasteiger partial charge in [-0.1, -0.05) is 32.0 Å². The van der Waals surface area contributed by atoms with Crippen LogP contribution in [0, 0.1) is 5.41 Å². The lowest BCUT2D eigenvalue weighted by Crippen LogP contribution is -2.43. The average molecular weight is 295 g/mol. The van der Waals surface area contributed by atoms with Crippen LogP contribution < -0.4 is 5.32 Å². The normalized spacial score (nSPS) is 13.6. The minimum atomic E-state index is -2.40. The van der Waals surface area contributed by atoms with Crippen LogP contribution in [-0.2, 0) is 6.54 Å². The van der Waals surface area contributed by atoms with Crippen LogP contribution in [0.1, 0.15) is 26.6 Å². The molecule has 1 unspecified atom stereocenters. The number of rotatable bonds is 6. The highest BCUT2D eigenvalue weighted by Crippen LogP contribution is 2.28. The number of nitrogens with zero attached hydrogens (tertiary/aromatic N) is 4. The molecule has 2 rings (SSSR count). The zero-order valence-electron chi connectivity index (χ0n) is 12.3. The first-order valence-electron chi connectivity index (χ1n) is 6.77. The summed E-state index contributed by atoms with van der Waals surface area (Å²) in [6, 6.07) is 9.06. The summed E-state index contributed by atoms with van der Waals surface area (Å²) in [6.45, 7) is 5.13. The number of para-hydroxylation sites is 1. The summed E-state index contributed by atoms with van der Waals surface area (Å²) in [5.41, 5.74) is -0.287. The van der Waals surface area contributed by atoms with Crippen LogP contribution in [0.3, 0.4) is 0 Å². The summed E-state index contributed by atoms with van der Waals surface area (Å²) in [5, 5.41) is 14.6. The minimum Gasteiger partial charge on any atom is -0.307 e. The van der Waals surface area contributed by atoms with Crippen molar-refractivity contribution in [1.29, 1.82) is 0 Å². The Morgan fingerprint density at radius 1 is 1.24 bits per heavy atom. The Balaban J connectivity index is 2.07. The van der Waals surface area contributed by atoms with Gasteiger partial charge in [0.15, 0.2) is 5.82 Å². The summed E-state index contributed by atoms with van der Waals surface area (Å²) in [4.78, 5) is 0. The predicted octanol–water partition coefficient (Wildman–Crippen LogP) is 2.43. The molecule has 0 saturated heterocycles. The van der Waals surface area contributed by atoms with Crippen LogP contribution in [0.25, 0.3) is 5.69 Å². The third kappa shape index (κ3) is 3.41. The molecule has 2 aromatic rings. The summed E-state index contributed by atoms with van der Waals surface area (Å²) >= 11 is 0. The van der Waals surface area contributed by atoms with Crippen LogP contribution >= 0.6 is 0 Å². The molecule has 0 saturated carbocycles. The van der Waals surface area contributed by atoms with E-state index in [0.717, 1.165) is 5.69 Å². The predicted molar refractivity (Wildman–Crippen MR) is 75.2 cm³/mol. The van der Waals surface area contributed by atoms with Gasteiger partial charge in [0.25, 0.3) is 0 Å². The van der Waals surface area contributed by atoms with Crippen LogP contribution in [0.5, 0.6) is 0 Å². The number of hydrogen-bond donors (Lipinski definition) is 1. The van der Waals surface area contributed by atoms with Crippen molar-refractivity contribution < 1.29 is 8.78 Å². The number of halogens is 2. The number of tetrazole rings is 1. The second kappa shape index (κ2) is 6.26. The van der Waals surface area contributed by atoms with Gasteiger partial charge in [-0.2, -0.15) is 4.68 Å². The molecule has 0 radical (unpaired) electrons. The molecule has 7 heteroatoms. The molecular weight excluding hydrogens is 276 g/mol. The first kappa shape index (κ1) is 15.5. The minimum absolute atomic E-state index is 0.319. The Morgan fingerprint density at radius 2 is 1.90 bits per heavy atom. The monoisotopic (exact) mass is 295 g/mol. The van der Waals surface area contributed by atoms with Crippen molar-refractivity contribution >= 4 is 0 Å². The molecule has 1 N–H and O–H groups in total. The number of benzene rings is 1. The Morgan fingerprint density at radius 3 is 2.52 bits per heavy atom. The smallest absolute Gasteiger partial charge is 0.245 e. The number of nitrogens with one attached hydrogen (secondary N) is 1. The molecule has 1 aromatic heterocycles. The molecule has 0 spiro atoms. The van der Waals surface area contributed by atoms with Gasteiger partial charge in [-0.3, -0.25) is 0 Å². The third-order valence-electron chi connectivity index (χ3n) is 3.78. The fourth-order valence-corrected chi connectivity index (χ4v) is 1.78. The van der Waals surface area contributed by atoms with E-state index < -0.39 is 11.8 Å². The molecule has 0 aliphatic carbocycles. The van der Waals surface area contributed by atoms with E-state index >= 15 is 0 Å². The molecule has 1 heterocycles. The quantitative estimate of drug-likeness (QED) is 0.889. The van der Waals surface area contributed by atoms with Gasteiger partial charge >= 0.3 is 0 Å². The van der Waals surface area contributed by atoms with Gasteiger partial charge < -0.3 is 5.32 Å². The van der Waals surface area contributed by atoms with Crippen molar-refractivity contribution in [2.45, 2.75) is 39.8 Å². The van der Waals surface area contributed by atoms with E-state index in [4.69, 9.17) is 0 Å². The molecule has 1 aromatic carbocycles. The molecule has 5 nitrogen and oxygen atoms in total. The second-order valence-electron chi connectivity index (χ2n) is 5.57. The van der Waals surface area contributed by atoms with Gasteiger partial charge in [-0.25, -0.2) is 8.78 Å². The fraction of sp³-hybridized carbons (Fsp3) is 0.500. The molecule has 0 aliphatic rings. The van der Waals surface area contributed by atoms with Crippen LogP contribution in [0.15, 0.2) is 30.3 Å². The lowest BCUT2D eigenvalue weighted by atomic mass is 9.86. The Kier molecular flexibility index (Phi) is 4.62. The van der Waals surface area contributed by atoms with Crippen LogP contribution in [0.2, 0.25) is 0 Å². The van der Waals surface area contributed by atoms with Crippen molar-refractivity contribution in [3.8, 4) is 5.69 Å². The first-order valence-corrected chi connectivity index (χ1v) is 6.77. The summed E-state index contributed by atoms with van der Waals surface area (Å²) in [7, 11) is 0. The molecule has 1 atom stereocenters. The van der Waals surface area contributed by atoms with E-state index in [1.807, 2.05) is 30.3 Å². The molecule has 0 amide bonds. The first-order chi connectivity index (χ1) is 9.93. The molecule has 0 bridgehead atoms. The van der Waals surface area contributed by atoms with Gasteiger partial charge in [-0.05, 0) is 29.5 Å². The summed E-state index contributed by atoms with van der Waals surface area (Å²) in [5.74, 6) is 0.582. The van der Waals surface area contributed by atoms with E-state index in [1.165, 1.54) is 13.8 Å². The Bertz CT molecular complexity index is 568. The number of hydrogen-bond acceptors (Lipinski definition) is 4. The summed E-state index contributed by atoms with van der Waals surface area (Å²) in [6.07, 6.45) is -2.40. The maximum Gasteiger partial charge on any atom is 0.245 e. The topological polar surface area (TPSA) is 55.6 Å². The number of alkyl halides is 2. The zero-order valence-corrected chi connectivity index (χ0v) is 12.3. The Hall–Kier alpha value is -1.89. The SMILES string of the molecule is CC(NCc1nnnn1-c1ccccc1)C(C)(C)C(F)F. The Labute approximate surface area is 122 Å². The van der Waals surface area contributed by atoms with Gasteiger partial charge in [0, 0.05) is 11.5 Å². The highest BCUT2D eigenvalue weighted by molar-refractivity contribution is 5.30. The summed E-state index contributed by atoms with van der Waals surface area (Å²) < 4.78 is 27.6. The lowest BCUT2D eigenvalue weighted by Gasteiger charge is -2.31. The zero-order chi connectivity index (χ0) is 15.5. The van der Waals surface area contributed by atoms with Crippen molar-refractivity contribution in [3.05, 3.63) is 36.2 Å². The van der Waals surface area contributed by atoms with Crippen molar-refractivity contribution in [2.24, 2.45) is 5.41 Å². The van der Waals surface area contributed by atoms with Gasteiger partial charge in [0.1, 0.15) is 0 Å². The molecule has 21 heavy (non-hydrogen) atoms. The van der Waals surface area contributed by atoms with Gasteiger partial charge in [0.2, 0.25) is 6.43 Å². The van der Waals surface area contributed by atoms with Crippen molar-refractivity contribution in [3.63, 3.8) is 0 Å². The standard InChI is InChI=1S/C14H19F2N5/c1-10(14(2,3)13(15)16)17-9-12-18-19-20-21(12)11-7-5-4-6-8-11/h4-8,10,13,17H,9H2,1-3H3. The van der Waals surface area contributed by atoms with E-state index in [9.17, 15) is 8.78 Å². The van der Waals surface area contributed by atoms with E-state index in [2.05, 4.69) is 20.8 Å². The van der Waals surface area contributed by atoms with Gasteiger partial charge in [0.05, 0.1) is 12.2 Å². The van der Waals surface area contributed by atoms with Crippen LogP contribution in [-0.4, -0.2) is 32.7 Å². The average Bonchev–Trinajstić information content (AvgIpc) is 2.93. The maximum atomic E-state index is 13.0. The fourth-order valence-electron chi connectivity index (χ4n) is 1.78. The van der Waals surface area contributed by atoms with Crippen molar-refractivity contribution in [2.75, 3.05) is 0 Å². The highest BCUT2D eigenvalue weighted by atomic mass is 19.3. The third-order valence-corrected chi connectivity index (χ3v) is 3.78. The second-order valence-corrected chi connectivity index (χ2v) is 5.57. The van der Waals surface area contributed by atoms with E-state index in [0.29, 0.717) is 12.4 Å². The van der Waals surface area contributed by atoms with Crippen LogP contribution in [0.4, 0.5) is 8.78 Å². The highest BCUT2D eigenvalue weighted by Gasteiger charge is 2.35. The molecule has 114 valence electrons. The molecular formula is C14H19F2N5.